The molecule has 14 heavy (non-hydrogen) atoms. The first-order valence-electron chi connectivity index (χ1n) is 4.45. The minimum absolute atomic E-state index is 0.421. The highest BCUT2D eigenvalue weighted by Crippen LogP contribution is 2.02. The van der Waals surface area contributed by atoms with Crippen molar-refractivity contribution in [3.05, 3.63) is 23.8 Å². The number of rotatable bonds is 3. The van der Waals surface area contributed by atoms with Crippen LogP contribution in [0.4, 0.5) is 0 Å². The molecule has 6 nitrogen and oxygen atoms in total. The molecule has 0 aliphatic heterocycles. The highest BCUT2D eigenvalue weighted by atomic mass is 15.3. The number of nitrogens with two attached hydrogens (primary N) is 2. The van der Waals surface area contributed by atoms with Crippen LogP contribution in [0.1, 0.15) is 11.5 Å². The molecule has 74 valence electrons. The maximum Gasteiger partial charge on any atom is 0.252 e. The van der Waals surface area contributed by atoms with Crippen molar-refractivity contribution in [2.24, 2.45) is 11.5 Å². The lowest BCUT2D eigenvalue weighted by Crippen LogP contribution is -2.07. The van der Waals surface area contributed by atoms with E-state index in [4.69, 9.17) is 11.5 Å². The molecule has 2 aromatic heterocycles. The van der Waals surface area contributed by atoms with Crippen LogP contribution in [0.15, 0.2) is 12.3 Å². The number of hydrogen-bond donors (Lipinski definition) is 2. The van der Waals surface area contributed by atoms with E-state index in [1.165, 1.54) is 0 Å². The maximum atomic E-state index is 5.56. The molecule has 6 heteroatoms. The average molecular weight is 192 g/mol. The van der Waals surface area contributed by atoms with Crippen molar-refractivity contribution < 1.29 is 0 Å². The molecule has 2 heterocycles. The summed E-state index contributed by atoms with van der Waals surface area (Å²) < 4.78 is 1.66. The lowest BCUT2D eigenvalue weighted by molar-refractivity contribution is 0.797. The van der Waals surface area contributed by atoms with Crippen LogP contribution >= 0.6 is 0 Å². The van der Waals surface area contributed by atoms with Gasteiger partial charge < -0.3 is 11.5 Å². The van der Waals surface area contributed by atoms with Gasteiger partial charge in [-0.25, -0.2) is 4.98 Å². The summed E-state index contributed by atoms with van der Waals surface area (Å²) in [5, 5.41) is 4.26. The second-order valence-electron chi connectivity index (χ2n) is 2.92. The van der Waals surface area contributed by atoms with E-state index in [0.717, 1.165) is 5.69 Å². The van der Waals surface area contributed by atoms with E-state index in [1.54, 1.807) is 10.7 Å². The molecular weight excluding hydrogens is 180 g/mol. The molecule has 0 unspecified atom stereocenters. The summed E-state index contributed by atoms with van der Waals surface area (Å²) in [4.78, 5) is 8.30. The van der Waals surface area contributed by atoms with E-state index in [2.05, 4.69) is 15.1 Å². The monoisotopic (exact) mass is 192 g/mol. The molecule has 0 aromatic carbocycles. The van der Waals surface area contributed by atoms with Crippen LogP contribution in [-0.4, -0.2) is 26.1 Å². The summed E-state index contributed by atoms with van der Waals surface area (Å²) in [6, 6.07) is 1.83. The fraction of sp³-hybridized carbons (Fsp3) is 0.375. The van der Waals surface area contributed by atoms with Crippen molar-refractivity contribution in [1.82, 2.24) is 19.6 Å². The van der Waals surface area contributed by atoms with Gasteiger partial charge in [-0.15, -0.1) is 5.10 Å². The number of nitrogens with zero attached hydrogens (tertiary/aromatic N) is 4. The van der Waals surface area contributed by atoms with E-state index >= 15 is 0 Å². The lowest BCUT2D eigenvalue weighted by atomic mass is 10.4. The zero-order valence-electron chi connectivity index (χ0n) is 7.72. The van der Waals surface area contributed by atoms with Crippen LogP contribution < -0.4 is 11.5 Å². The summed E-state index contributed by atoms with van der Waals surface area (Å²) in [5.74, 6) is 1.29. The van der Waals surface area contributed by atoms with E-state index in [-0.39, 0.29) is 0 Å². The van der Waals surface area contributed by atoms with Gasteiger partial charge in [0, 0.05) is 19.2 Å². The van der Waals surface area contributed by atoms with Gasteiger partial charge in [-0.05, 0) is 12.6 Å². The van der Waals surface area contributed by atoms with Crippen molar-refractivity contribution in [3.8, 4) is 0 Å². The van der Waals surface area contributed by atoms with Crippen LogP contribution in [0.2, 0.25) is 0 Å². The highest BCUT2D eigenvalue weighted by Gasteiger charge is 2.05. The summed E-state index contributed by atoms with van der Waals surface area (Å²) in [6.07, 6.45) is 2.34. The Morgan fingerprint density at radius 2 is 2.21 bits per heavy atom. The molecule has 4 N–H and O–H groups in total. The Kier molecular flexibility index (Phi) is 2.38. The summed E-state index contributed by atoms with van der Waals surface area (Å²) in [6.45, 7) is 0.958. The van der Waals surface area contributed by atoms with Crippen molar-refractivity contribution in [3.63, 3.8) is 0 Å². The maximum absolute atomic E-state index is 5.56. The highest BCUT2D eigenvalue weighted by molar-refractivity contribution is 5.28. The van der Waals surface area contributed by atoms with Gasteiger partial charge in [0.05, 0.1) is 5.69 Å². The van der Waals surface area contributed by atoms with Gasteiger partial charge in [0.2, 0.25) is 0 Å². The van der Waals surface area contributed by atoms with Crippen molar-refractivity contribution >= 4 is 5.78 Å². The van der Waals surface area contributed by atoms with Gasteiger partial charge >= 0.3 is 0 Å². The van der Waals surface area contributed by atoms with Crippen molar-refractivity contribution in [1.29, 1.82) is 0 Å². The first-order valence-corrected chi connectivity index (χ1v) is 4.45. The Balaban J connectivity index is 2.52. The van der Waals surface area contributed by atoms with Gasteiger partial charge in [-0.3, -0.25) is 0 Å². The van der Waals surface area contributed by atoms with Gasteiger partial charge in [-0.2, -0.15) is 9.50 Å². The minimum atomic E-state index is 0.421. The molecule has 0 bridgehead atoms. The molecule has 0 atom stereocenters. The molecule has 0 radical (unpaired) electrons. The Morgan fingerprint density at radius 1 is 1.36 bits per heavy atom. The molecular formula is C8H12N6. The average Bonchev–Trinajstić information content (AvgIpc) is 2.60. The normalized spacial score (nSPS) is 11.0. The number of hydrogen-bond acceptors (Lipinski definition) is 5. The fourth-order valence-electron chi connectivity index (χ4n) is 1.27. The van der Waals surface area contributed by atoms with Crippen LogP contribution in [0.25, 0.3) is 5.78 Å². The van der Waals surface area contributed by atoms with Gasteiger partial charge in [0.15, 0.2) is 5.82 Å². The molecule has 0 aliphatic rings. The predicted molar refractivity (Wildman–Crippen MR) is 51.4 cm³/mol. The summed E-state index contributed by atoms with van der Waals surface area (Å²) in [5.41, 5.74) is 11.9. The minimum Gasteiger partial charge on any atom is -0.330 e. The zero-order valence-corrected chi connectivity index (χ0v) is 7.72. The van der Waals surface area contributed by atoms with Gasteiger partial charge in [-0.1, -0.05) is 0 Å². The molecule has 0 saturated heterocycles. The molecule has 0 fully saturated rings. The second-order valence-corrected chi connectivity index (χ2v) is 2.92. The van der Waals surface area contributed by atoms with Gasteiger partial charge in [0.25, 0.3) is 5.78 Å². The van der Waals surface area contributed by atoms with E-state index in [1.807, 2.05) is 6.07 Å². The largest absolute Gasteiger partial charge is 0.330 e. The van der Waals surface area contributed by atoms with Crippen LogP contribution in [0, 0.1) is 0 Å². The Bertz CT molecular complexity index is 434. The van der Waals surface area contributed by atoms with E-state index in [9.17, 15) is 0 Å². The van der Waals surface area contributed by atoms with Crippen LogP contribution in [0.5, 0.6) is 0 Å². The van der Waals surface area contributed by atoms with Crippen LogP contribution in [0.3, 0.4) is 0 Å². The predicted octanol–water partition coefficient (Wildman–Crippen LogP) is -0.916. The molecule has 2 aromatic rings. The first-order chi connectivity index (χ1) is 6.85. The quantitative estimate of drug-likeness (QED) is 0.656. The third-order valence-electron chi connectivity index (χ3n) is 1.94. The molecule has 2 rings (SSSR count). The third kappa shape index (κ3) is 1.45. The number of fused-ring (bicyclic) bond motifs is 1. The van der Waals surface area contributed by atoms with Gasteiger partial charge in [0.1, 0.15) is 0 Å². The molecule has 0 saturated carbocycles. The van der Waals surface area contributed by atoms with Crippen molar-refractivity contribution in [2.45, 2.75) is 13.0 Å². The Labute approximate surface area is 81.0 Å². The topological polar surface area (TPSA) is 95.1 Å². The van der Waals surface area contributed by atoms with E-state index < -0.39 is 0 Å². The fourth-order valence-corrected chi connectivity index (χ4v) is 1.27. The Morgan fingerprint density at radius 3 is 2.93 bits per heavy atom. The third-order valence-corrected chi connectivity index (χ3v) is 1.94. The summed E-state index contributed by atoms with van der Waals surface area (Å²) in [7, 11) is 0. The smallest absolute Gasteiger partial charge is 0.252 e. The molecule has 0 spiro atoms. The standard InChI is InChI=1S/C8H12N6/c9-3-1-7-12-8-11-4-2-6(5-10)14(8)13-7/h2,4H,1,3,5,9-10H2. The van der Waals surface area contributed by atoms with Crippen molar-refractivity contribution in [2.75, 3.05) is 6.54 Å². The second kappa shape index (κ2) is 3.69. The Hall–Kier alpha value is -1.53. The lowest BCUT2D eigenvalue weighted by Gasteiger charge is -1.97. The molecule has 0 amide bonds. The number of aromatic nitrogens is 4. The summed E-state index contributed by atoms with van der Waals surface area (Å²) >= 11 is 0. The van der Waals surface area contributed by atoms with Crippen LogP contribution in [-0.2, 0) is 13.0 Å². The van der Waals surface area contributed by atoms with E-state index in [0.29, 0.717) is 31.1 Å². The SMILES string of the molecule is NCCc1nc2nccc(CN)n2n1. The first kappa shape index (κ1) is 9.04. The zero-order chi connectivity index (χ0) is 9.97. The molecule has 0 aliphatic carbocycles.